The normalized spacial score (nSPS) is 15.6. The summed E-state index contributed by atoms with van der Waals surface area (Å²) in [4.78, 5) is 28.5. The van der Waals surface area contributed by atoms with Crippen LogP contribution in [0, 0.1) is 5.92 Å². The molecule has 10 heteroatoms. The van der Waals surface area contributed by atoms with E-state index in [1.54, 1.807) is 13.2 Å². The third kappa shape index (κ3) is 7.07. The van der Waals surface area contributed by atoms with E-state index in [9.17, 15) is 14.7 Å². The summed E-state index contributed by atoms with van der Waals surface area (Å²) < 4.78 is 16.2. The average Bonchev–Trinajstić information content (AvgIpc) is 3.91. The van der Waals surface area contributed by atoms with Crippen molar-refractivity contribution >= 4 is 23.2 Å². The molecule has 206 valence electrons. The van der Waals surface area contributed by atoms with Crippen molar-refractivity contribution in [1.29, 1.82) is 0 Å². The number of nitrogens with zero attached hydrogens (tertiary/aromatic N) is 1. The highest BCUT2D eigenvalue weighted by Gasteiger charge is 2.30. The second-order valence-electron chi connectivity index (χ2n) is 9.77. The van der Waals surface area contributed by atoms with Crippen molar-refractivity contribution in [3.63, 3.8) is 0 Å². The number of aromatic nitrogens is 1. The van der Waals surface area contributed by atoms with Gasteiger partial charge < -0.3 is 30.0 Å². The molecule has 1 aromatic heterocycles. The first-order valence-corrected chi connectivity index (χ1v) is 14.1. The Morgan fingerprint density at radius 3 is 2.62 bits per heavy atom. The van der Waals surface area contributed by atoms with E-state index in [1.807, 2.05) is 36.4 Å². The quantitative estimate of drug-likeness (QED) is 0.313. The predicted octanol–water partition coefficient (Wildman–Crippen LogP) is 4.58. The van der Waals surface area contributed by atoms with Gasteiger partial charge in [-0.05, 0) is 68.0 Å². The Bertz CT molecular complexity index is 1320. The number of aromatic carboxylic acids is 1. The van der Waals surface area contributed by atoms with E-state index < -0.39 is 5.97 Å². The number of carbonyl (C=O) groups is 2. The summed E-state index contributed by atoms with van der Waals surface area (Å²) in [6.45, 7) is 3.50. The molecule has 39 heavy (non-hydrogen) atoms. The fourth-order valence-corrected chi connectivity index (χ4v) is 5.41. The third-order valence-electron chi connectivity index (χ3n) is 6.63. The van der Waals surface area contributed by atoms with Crippen LogP contribution in [-0.4, -0.2) is 61.9 Å². The van der Waals surface area contributed by atoms with Gasteiger partial charge in [0.05, 0.1) is 22.6 Å². The third-order valence-corrected chi connectivity index (χ3v) is 7.90. The number of ether oxygens (including phenoxy) is 3. The zero-order chi connectivity index (χ0) is 27.2. The molecule has 0 saturated heterocycles. The van der Waals surface area contributed by atoms with E-state index in [2.05, 4.69) is 15.6 Å². The second kappa shape index (κ2) is 12.5. The molecule has 2 aromatic carbocycles. The fourth-order valence-electron chi connectivity index (χ4n) is 4.19. The number of methoxy groups -OCH3 is 1. The van der Waals surface area contributed by atoms with Gasteiger partial charge in [-0.25, -0.2) is 9.78 Å². The van der Waals surface area contributed by atoms with E-state index in [0.29, 0.717) is 47.6 Å². The van der Waals surface area contributed by atoms with Crippen molar-refractivity contribution in [3.05, 3.63) is 58.7 Å². The molecule has 2 aliphatic carbocycles. The van der Waals surface area contributed by atoms with Crippen LogP contribution in [0.25, 0.3) is 10.4 Å². The number of para-hydroxylation sites is 1. The van der Waals surface area contributed by atoms with E-state index >= 15 is 0 Å². The smallest absolute Gasteiger partial charge is 0.356 e. The highest BCUT2D eigenvalue weighted by Crippen LogP contribution is 2.45. The molecule has 0 bridgehead atoms. The van der Waals surface area contributed by atoms with Gasteiger partial charge in [0.15, 0.2) is 17.2 Å². The highest BCUT2D eigenvalue weighted by molar-refractivity contribution is 7.15. The number of amides is 1. The predicted molar refractivity (Wildman–Crippen MR) is 148 cm³/mol. The maximum Gasteiger partial charge on any atom is 0.356 e. The first kappa shape index (κ1) is 27.0. The first-order valence-electron chi connectivity index (χ1n) is 13.3. The van der Waals surface area contributed by atoms with Gasteiger partial charge in [-0.1, -0.05) is 18.2 Å². The first-order chi connectivity index (χ1) is 19.0. The summed E-state index contributed by atoms with van der Waals surface area (Å²) in [6.07, 6.45) is 4.91. The minimum absolute atomic E-state index is 0.111. The molecule has 1 amide bonds. The number of thiazole rings is 1. The number of rotatable bonds is 10. The number of fused-ring (bicyclic) bond motifs is 1. The molecule has 2 heterocycles. The Morgan fingerprint density at radius 2 is 1.87 bits per heavy atom. The Morgan fingerprint density at radius 1 is 1.08 bits per heavy atom. The molecule has 3 aromatic rings. The summed E-state index contributed by atoms with van der Waals surface area (Å²) >= 11 is 1.48. The zero-order valence-corrected chi connectivity index (χ0v) is 22.7. The molecule has 9 nitrogen and oxygen atoms in total. The number of benzene rings is 2. The molecule has 0 spiro atoms. The van der Waals surface area contributed by atoms with Crippen LogP contribution in [0.15, 0.2) is 42.5 Å². The summed E-state index contributed by atoms with van der Waals surface area (Å²) in [5.41, 5.74) is 1.55. The van der Waals surface area contributed by atoms with Crippen LogP contribution < -0.4 is 24.8 Å². The van der Waals surface area contributed by atoms with Gasteiger partial charge >= 0.3 is 5.97 Å². The van der Waals surface area contributed by atoms with Gasteiger partial charge in [-0.15, -0.1) is 11.3 Å². The minimum Gasteiger partial charge on any atom is -0.497 e. The molecule has 0 unspecified atom stereocenters. The van der Waals surface area contributed by atoms with Gasteiger partial charge in [0.1, 0.15) is 19.0 Å². The Hall–Kier alpha value is -3.63. The largest absolute Gasteiger partial charge is 0.497 e. The Labute approximate surface area is 231 Å². The number of carbonyl (C=O) groups excluding carboxylic acids is 1. The van der Waals surface area contributed by atoms with Crippen LogP contribution in [0.4, 0.5) is 0 Å². The van der Waals surface area contributed by atoms with E-state index in [4.69, 9.17) is 14.2 Å². The number of carboxylic acid groups (broad SMARTS) is 1. The van der Waals surface area contributed by atoms with Crippen molar-refractivity contribution in [2.45, 2.75) is 31.6 Å². The van der Waals surface area contributed by atoms with Crippen LogP contribution in [0.3, 0.4) is 0 Å². The van der Waals surface area contributed by atoms with Gasteiger partial charge in [0.25, 0.3) is 5.91 Å². The standard InChI is InChI=1S/C15H20N2O3.C14H13NO3S/c18-15(17-7-6-16-10-11-4-5-11)12-2-1-3-13-14(12)20-9-8-19-13;1-18-10-4-2-3-9(7-10)12-11(14(16)17)15-13(19-12)8-5-6-8/h1-3,11,16H,4-10H2,(H,17,18);2-4,7-8H,5-6H2,1H3,(H,16,17). The second-order valence-corrected chi connectivity index (χ2v) is 10.8. The lowest BCUT2D eigenvalue weighted by Crippen LogP contribution is -2.33. The number of nitrogens with one attached hydrogen (secondary N) is 2. The topological polar surface area (TPSA) is 119 Å². The molecule has 2 saturated carbocycles. The van der Waals surface area contributed by atoms with Crippen molar-refractivity contribution in [1.82, 2.24) is 15.6 Å². The van der Waals surface area contributed by atoms with Gasteiger partial charge in [0, 0.05) is 19.0 Å². The van der Waals surface area contributed by atoms with Crippen LogP contribution in [0.5, 0.6) is 17.2 Å². The van der Waals surface area contributed by atoms with E-state index in [0.717, 1.165) is 48.2 Å². The SMILES string of the molecule is COc1cccc(-c2sc(C3CC3)nc2C(=O)O)c1.O=C(NCCNCC1CC1)c1cccc2c1OCCO2. The maximum atomic E-state index is 12.2. The van der Waals surface area contributed by atoms with Crippen LogP contribution >= 0.6 is 11.3 Å². The molecule has 6 rings (SSSR count). The maximum absolute atomic E-state index is 12.2. The average molecular weight is 552 g/mol. The summed E-state index contributed by atoms with van der Waals surface area (Å²) in [6, 6.07) is 12.8. The lowest BCUT2D eigenvalue weighted by molar-refractivity contribution is 0.0691. The monoisotopic (exact) mass is 551 g/mol. The molecule has 0 atom stereocenters. The molecular weight excluding hydrogens is 518 g/mol. The molecule has 2 fully saturated rings. The summed E-state index contributed by atoms with van der Waals surface area (Å²) in [7, 11) is 1.60. The summed E-state index contributed by atoms with van der Waals surface area (Å²) in [5.74, 6) is 2.16. The number of hydrogen-bond acceptors (Lipinski definition) is 8. The fraction of sp³-hybridized carbons (Fsp3) is 0.414. The Balaban J connectivity index is 0.000000158. The summed E-state index contributed by atoms with van der Waals surface area (Å²) in [5, 5.41) is 16.5. The molecule has 0 radical (unpaired) electrons. The van der Waals surface area contributed by atoms with Crippen LogP contribution in [0.1, 0.15) is 57.5 Å². The molecular formula is C29H33N3O6S. The minimum atomic E-state index is -0.971. The lowest BCUT2D eigenvalue weighted by Gasteiger charge is -2.20. The van der Waals surface area contributed by atoms with Crippen molar-refractivity contribution in [2.75, 3.05) is 40.0 Å². The van der Waals surface area contributed by atoms with Gasteiger partial charge in [-0.3, -0.25) is 4.79 Å². The zero-order valence-electron chi connectivity index (χ0n) is 21.9. The number of carboxylic acids is 1. The van der Waals surface area contributed by atoms with Crippen molar-refractivity contribution in [3.8, 4) is 27.7 Å². The van der Waals surface area contributed by atoms with Crippen molar-refractivity contribution in [2.24, 2.45) is 5.92 Å². The van der Waals surface area contributed by atoms with E-state index in [1.165, 1.54) is 24.2 Å². The van der Waals surface area contributed by atoms with Gasteiger partial charge in [-0.2, -0.15) is 0 Å². The molecule has 1 aliphatic heterocycles. The highest BCUT2D eigenvalue weighted by atomic mass is 32.1. The number of hydrogen-bond donors (Lipinski definition) is 3. The van der Waals surface area contributed by atoms with Gasteiger partial charge in [0.2, 0.25) is 0 Å². The van der Waals surface area contributed by atoms with Crippen LogP contribution in [0.2, 0.25) is 0 Å². The molecule has 3 N–H and O–H groups in total. The molecule has 3 aliphatic rings. The lowest BCUT2D eigenvalue weighted by atomic mass is 10.1. The van der Waals surface area contributed by atoms with Crippen molar-refractivity contribution < 1.29 is 28.9 Å². The van der Waals surface area contributed by atoms with Crippen LogP contribution in [-0.2, 0) is 0 Å². The van der Waals surface area contributed by atoms with E-state index in [-0.39, 0.29) is 11.6 Å². The Kier molecular flexibility index (Phi) is 8.63.